The van der Waals surface area contributed by atoms with E-state index < -0.39 is 0 Å². The van der Waals surface area contributed by atoms with Crippen LogP contribution in [0.4, 0.5) is 0 Å². The fourth-order valence-corrected chi connectivity index (χ4v) is 3.74. The van der Waals surface area contributed by atoms with E-state index in [4.69, 9.17) is 0 Å². The lowest BCUT2D eigenvalue weighted by atomic mass is 10.0. The number of benzene rings is 3. The monoisotopic (exact) mass is 328 g/mol. The van der Waals surface area contributed by atoms with E-state index in [0.29, 0.717) is 0 Å². The van der Waals surface area contributed by atoms with Crippen molar-refractivity contribution in [3.05, 3.63) is 97.6 Å². The van der Waals surface area contributed by atoms with Crippen LogP contribution in [0, 0.1) is 6.92 Å². The van der Waals surface area contributed by atoms with Crippen LogP contribution in [-0.4, -0.2) is 0 Å². The molecule has 0 radical (unpaired) electrons. The number of hydrogen-bond donors (Lipinski definition) is 0. The summed E-state index contributed by atoms with van der Waals surface area (Å²) >= 11 is 1.87. The number of thiophene rings is 1. The van der Waals surface area contributed by atoms with Crippen molar-refractivity contribution in [3.8, 4) is 11.1 Å². The van der Waals surface area contributed by atoms with Crippen LogP contribution in [-0.2, 0) is 0 Å². The van der Waals surface area contributed by atoms with Crippen LogP contribution in [0.5, 0.6) is 0 Å². The number of allylic oxidation sites excluding steroid dienone is 2. The van der Waals surface area contributed by atoms with E-state index in [0.717, 1.165) is 0 Å². The highest BCUT2D eigenvalue weighted by atomic mass is 32.1. The highest BCUT2D eigenvalue weighted by Gasteiger charge is 2.06. The number of rotatable bonds is 2. The number of hydrogen-bond acceptors (Lipinski definition) is 1. The highest BCUT2D eigenvalue weighted by molar-refractivity contribution is 7.25. The van der Waals surface area contributed by atoms with Crippen molar-refractivity contribution >= 4 is 31.5 Å². The first-order valence-electron chi connectivity index (χ1n) is 7.94. The predicted molar refractivity (Wildman–Crippen MR) is 110 cm³/mol. The molecule has 0 spiro atoms. The Bertz CT molecular complexity index is 982. The van der Waals surface area contributed by atoms with Gasteiger partial charge in [0.15, 0.2) is 0 Å². The second-order valence-corrected chi connectivity index (χ2v) is 6.73. The summed E-state index contributed by atoms with van der Waals surface area (Å²) in [4.78, 5) is 0. The van der Waals surface area contributed by atoms with Gasteiger partial charge in [-0.15, -0.1) is 11.3 Å². The molecule has 1 heterocycles. The summed E-state index contributed by atoms with van der Waals surface area (Å²) in [6.45, 7) is 8.85. The molecule has 0 amide bonds. The van der Waals surface area contributed by atoms with Gasteiger partial charge in [-0.25, -0.2) is 0 Å². The van der Waals surface area contributed by atoms with E-state index in [1.54, 1.807) is 12.2 Å². The number of fused-ring (bicyclic) bond motifs is 3. The van der Waals surface area contributed by atoms with E-state index in [1.807, 2.05) is 11.3 Å². The van der Waals surface area contributed by atoms with Crippen LogP contribution in [0.1, 0.15) is 5.56 Å². The molecule has 0 saturated heterocycles. The van der Waals surface area contributed by atoms with Crippen LogP contribution in [0.3, 0.4) is 0 Å². The third-order valence-electron chi connectivity index (χ3n) is 3.93. The van der Waals surface area contributed by atoms with E-state index in [1.165, 1.54) is 36.9 Å². The average molecular weight is 328 g/mol. The minimum Gasteiger partial charge on any atom is -0.135 e. The lowest BCUT2D eigenvalue weighted by Crippen LogP contribution is -1.78. The summed E-state index contributed by atoms with van der Waals surface area (Å²) < 4.78 is 2.73. The van der Waals surface area contributed by atoms with E-state index in [9.17, 15) is 0 Å². The first kappa shape index (κ1) is 16.2. The molecule has 0 aliphatic carbocycles. The normalized spacial score (nSPS) is 10.2. The van der Waals surface area contributed by atoms with Crippen LogP contribution < -0.4 is 0 Å². The minimum absolute atomic E-state index is 1.28. The smallest absolute Gasteiger partial charge is 0.0355 e. The third-order valence-corrected chi connectivity index (χ3v) is 5.08. The molecule has 0 fully saturated rings. The van der Waals surface area contributed by atoms with Gasteiger partial charge in [0, 0.05) is 20.2 Å². The standard InChI is InChI=1S/C19H14S.C4H6/c1-13-6-8-14(9-7-13)15-10-11-19-17(12-15)16-4-2-3-5-18(16)20-19;1-3-4-2/h2-12H,1H3;3-4H,1-2H2. The molecule has 4 rings (SSSR count). The Kier molecular flexibility index (Phi) is 4.93. The van der Waals surface area contributed by atoms with Crippen molar-refractivity contribution in [2.24, 2.45) is 0 Å². The van der Waals surface area contributed by atoms with E-state index in [2.05, 4.69) is 86.8 Å². The van der Waals surface area contributed by atoms with Gasteiger partial charge in [0.05, 0.1) is 0 Å². The van der Waals surface area contributed by atoms with Gasteiger partial charge in [-0.05, 0) is 36.2 Å². The molecule has 4 aromatic rings. The largest absolute Gasteiger partial charge is 0.135 e. The van der Waals surface area contributed by atoms with Crippen molar-refractivity contribution in [1.29, 1.82) is 0 Å². The molecule has 118 valence electrons. The molecule has 24 heavy (non-hydrogen) atoms. The molecular formula is C23H20S. The van der Waals surface area contributed by atoms with Crippen molar-refractivity contribution in [3.63, 3.8) is 0 Å². The molecule has 1 aromatic heterocycles. The molecular weight excluding hydrogens is 308 g/mol. The van der Waals surface area contributed by atoms with Crippen LogP contribution in [0.25, 0.3) is 31.3 Å². The molecule has 0 aliphatic heterocycles. The zero-order valence-corrected chi connectivity index (χ0v) is 14.6. The Labute approximate surface area is 147 Å². The Morgan fingerprint density at radius 1 is 0.708 bits per heavy atom. The van der Waals surface area contributed by atoms with Gasteiger partial charge in [0.25, 0.3) is 0 Å². The molecule has 0 unspecified atom stereocenters. The van der Waals surface area contributed by atoms with Gasteiger partial charge in [0.1, 0.15) is 0 Å². The quantitative estimate of drug-likeness (QED) is 0.336. The van der Waals surface area contributed by atoms with Gasteiger partial charge in [-0.2, -0.15) is 0 Å². The second kappa shape index (κ2) is 7.29. The molecule has 0 aliphatic rings. The first-order valence-corrected chi connectivity index (χ1v) is 8.76. The maximum atomic E-state index is 3.36. The van der Waals surface area contributed by atoms with Gasteiger partial charge >= 0.3 is 0 Å². The zero-order chi connectivity index (χ0) is 16.9. The topological polar surface area (TPSA) is 0 Å². The summed E-state index contributed by atoms with van der Waals surface area (Å²) in [5.41, 5.74) is 3.88. The molecule has 1 heteroatoms. The molecule has 0 saturated carbocycles. The Balaban J connectivity index is 0.000000383. The fraction of sp³-hybridized carbons (Fsp3) is 0.0435. The average Bonchev–Trinajstić information content (AvgIpc) is 3.00. The lowest BCUT2D eigenvalue weighted by Gasteiger charge is -2.03. The Morgan fingerprint density at radius 2 is 1.33 bits per heavy atom. The summed E-state index contributed by atoms with van der Waals surface area (Å²) in [6.07, 6.45) is 3.28. The van der Waals surface area contributed by atoms with Gasteiger partial charge < -0.3 is 0 Å². The van der Waals surface area contributed by atoms with Gasteiger partial charge in [-0.1, -0.05) is 79.4 Å². The maximum absolute atomic E-state index is 3.36. The molecule has 0 bridgehead atoms. The number of aryl methyl sites for hydroxylation is 1. The second-order valence-electron chi connectivity index (χ2n) is 5.65. The predicted octanol–water partition coefficient (Wildman–Crippen LogP) is 7.39. The molecule has 3 aromatic carbocycles. The lowest BCUT2D eigenvalue weighted by molar-refractivity contribution is 1.47. The first-order chi connectivity index (χ1) is 11.7. The summed E-state index contributed by atoms with van der Waals surface area (Å²) in [7, 11) is 0. The van der Waals surface area contributed by atoms with E-state index >= 15 is 0 Å². The summed E-state index contributed by atoms with van der Waals surface area (Å²) in [5.74, 6) is 0. The van der Waals surface area contributed by atoms with Crippen molar-refractivity contribution in [2.75, 3.05) is 0 Å². The van der Waals surface area contributed by atoms with E-state index in [-0.39, 0.29) is 0 Å². The van der Waals surface area contributed by atoms with Gasteiger partial charge in [0.2, 0.25) is 0 Å². The fourth-order valence-electron chi connectivity index (χ4n) is 2.65. The van der Waals surface area contributed by atoms with Crippen molar-refractivity contribution < 1.29 is 0 Å². The van der Waals surface area contributed by atoms with Crippen LogP contribution in [0.15, 0.2) is 92.0 Å². The summed E-state index contributed by atoms with van der Waals surface area (Å²) in [6, 6.07) is 24.2. The minimum atomic E-state index is 1.28. The molecule has 0 nitrogen and oxygen atoms in total. The maximum Gasteiger partial charge on any atom is 0.0355 e. The van der Waals surface area contributed by atoms with Crippen molar-refractivity contribution in [1.82, 2.24) is 0 Å². The Morgan fingerprint density at radius 3 is 2.04 bits per heavy atom. The Hall–Kier alpha value is -2.64. The highest BCUT2D eigenvalue weighted by Crippen LogP contribution is 2.36. The summed E-state index contributed by atoms with van der Waals surface area (Å²) in [5, 5.41) is 2.73. The van der Waals surface area contributed by atoms with Crippen molar-refractivity contribution in [2.45, 2.75) is 6.92 Å². The SMILES string of the molecule is C=CC=C.Cc1ccc(-c2ccc3sc4ccccc4c3c2)cc1. The van der Waals surface area contributed by atoms with Gasteiger partial charge in [-0.3, -0.25) is 0 Å². The zero-order valence-electron chi connectivity index (χ0n) is 13.8. The molecule has 0 atom stereocenters. The van der Waals surface area contributed by atoms with Crippen LogP contribution >= 0.6 is 11.3 Å². The van der Waals surface area contributed by atoms with Crippen LogP contribution in [0.2, 0.25) is 0 Å². The molecule has 0 N–H and O–H groups in total. The third kappa shape index (κ3) is 3.32.